The van der Waals surface area contributed by atoms with Gasteiger partial charge in [0.25, 0.3) is 0 Å². The molecule has 0 aromatic carbocycles. The van der Waals surface area contributed by atoms with Crippen LogP contribution in [0.5, 0.6) is 0 Å². The van der Waals surface area contributed by atoms with E-state index in [1.54, 1.807) is 0 Å². The SMILES string of the molecule is Cc1nc(Cl)cc(N2CCN(C3CCSC3)CC2)n1. The average Bonchev–Trinajstić information content (AvgIpc) is 2.91. The predicted molar refractivity (Wildman–Crippen MR) is 81.3 cm³/mol. The number of thioether (sulfide) groups is 1. The van der Waals surface area contributed by atoms with Crippen molar-refractivity contribution < 1.29 is 0 Å². The first-order valence-electron chi connectivity index (χ1n) is 6.80. The van der Waals surface area contributed by atoms with E-state index in [4.69, 9.17) is 11.6 Å². The summed E-state index contributed by atoms with van der Waals surface area (Å²) in [6.45, 7) is 6.22. The lowest BCUT2D eigenvalue weighted by Gasteiger charge is -2.38. The third-order valence-corrected chi connectivity index (χ3v) is 5.19. The van der Waals surface area contributed by atoms with E-state index in [1.807, 2.05) is 13.0 Å². The fraction of sp³-hybridized carbons (Fsp3) is 0.692. The number of aryl methyl sites for hydroxylation is 1. The van der Waals surface area contributed by atoms with Gasteiger partial charge in [-0.2, -0.15) is 11.8 Å². The van der Waals surface area contributed by atoms with Crippen LogP contribution in [0, 0.1) is 6.92 Å². The minimum absolute atomic E-state index is 0.539. The summed E-state index contributed by atoms with van der Waals surface area (Å²) in [5.74, 6) is 4.35. The lowest BCUT2D eigenvalue weighted by atomic mass is 10.2. The van der Waals surface area contributed by atoms with Crippen molar-refractivity contribution in [2.24, 2.45) is 0 Å². The number of hydrogen-bond acceptors (Lipinski definition) is 5. The average molecular weight is 299 g/mol. The standard InChI is InChI=1S/C13H19ClN4S/c1-10-15-12(14)8-13(16-10)18-5-3-17(4-6-18)11-2-7-19-9-11/h8,11H,2-7,9H2,1H3. The van der Waals surface area contributed by atoms with Crippen LogP contribution in [-0.2, 0) is 0 Å². The van der Waals surface area contributed by atoms with Crippen LogP contribution < -0.4 is 4.90 Å². The van der Waals surface area contributed by atoms with E-state index < -0.39 is 0 Å². The van der Waals surface area contributed by atoms with Crippen LogP contribution in [0.1, 0.15) is 12.2 Å². The number of aromatic nitrogens is 2. The van der Waals surface area contributed by atoms with Gasteiger partial charge >= 0.3 is 0 Å². The number of halogens is 1. The van der Waals surface area contributed by atoms with E-state index in [0.717, 1.165) is 43.9 Å². The quantitative estimate of drug-likeness (QED) is 0.781. The van der Waals surface area contributed by atoms with Crippen molar-refractivity contribution in [1.82, 2.24) is 14.9 Å². The molecule has 2 aliphatic rings. The van der Waals surface area contributed by atoms with Gasteiger partial charge < -0.3 is 4.90 Å². The first-order chi connectivity index (χ1) is 9.22. The smallest absolute Gasteiger partial charge is 0.134 e. The van der Waals surface area contributed by atoms with E-state index in [-0.39, 0.29) is 0 Å². The number of anilines is 1. The highest BCUT2D eigenvalue weighted by Crippen LogP contribution is 2.24. The minimum atomic E-state index is 0.539. The van der Waals surface area contributed by atoms with E-state index in [0.29, 0.717) is 5.15 Å². The third-order valence-electron chi connectivity index (χ3n) is 3.85. The van der Waals surface area contributed by atoms with Crippen LogP contribution >= 0.6 is 23.4 Å². The Kier molecular flexibility index (Phi) is 4.15. The van der Waals surface area contributed by atoms with Crippen LogP contribution in [0.25, 0.3) is 0 Å². The van der Waals surface area contributed by atoms with Crippen LogP contribution in [0.15, 0.2) is 6.07 Å². The molecule has 3 rings (SSSR count). The van der Waals surface area contributed by atoms with Gasteiger partial charge in [0, 0.05) is 44.0 Å². The molecule has 1 atom stereocenters. The van der Waals surface area contributed by atoms with Crippen molar-refractivity contribution in [3.05, 3.63) is 17.0 Å². The molecule has 2 fully saturated rings. The van der Waals surface area contributed by atoms with Crippen LogP contribution in [0.3, 0.4) is 0 Å². The Labute approximate surface area is 123 Å². The van der Waals surface area contributed by atoms with Crippen molar-refractivity contribution in [2.45, 2.75) is 19.4 Å². The molecule has 1 aromatic rings. The van der Waals surface area contributed by atoms with Crippen molar-refractivity contribution >= 4 is 29.2 Å². The van der Waals surface area contributed by atoms with Gasteiger partial charge in [-0.1, -0.05) is 11.6 Å². The Morgan fingerprint density at radius 3 is 2.68 bits per heavy atom. The first-order valence-corrected chi connectivity index (χ1v) is 8.33. The largest absolute Gasteiger partial charge is 0.354 e. The topological polar surface area (TPSA) is 32.3 Å². The second-order valence-corrected chi connectivity index (χ2v) is 6.67. The molecular formula is C13H19ClN4S. The van der Waals surface area contributed by atoms with Crippen LogP contribution in [-0.4, -0.2) is 58.6 Å². The number of nitrogens with zero attached hydrogens (tertiary/aromatic N) is 4. The highest BCUT2D eigenvalue weighted by Gasteiger charge is 2.26. The van der Waals surface area contributed by atoms with Gasteiger partial charge in [0.15, 0.2) is 0 Å². The fourth-order valence-corrected chi connectivity index (χ4v) is 4.28. The molecule has 1 aromatic heterocycles. The van der Waals surface area contributed by atoms with Crippen molar-refractivity contribution in [3.63, 3.8) is 0 Å². The van der Waals surface area contributed by atoms with Gasteiger partial charge in [0.1, 0.15) is 16.8 Å². The molecule has 2 aliphatic heterocycles. The Morgan fingerprint density at radius 2 is 2.05 bits per heavy atom. The summed E-state index contributed by atoms with van der Waals surface area (Å²) < 4.78 is 0. The zero-order chi connectivity index (χ0) is 13.2. The summed E-state index contributed by atoms with van der Waals surface area (Å²) in [5, 5.41) is 0.539. The van der Waals surface area contributed by atoms with Gasteiger partial charge in [-0.25, -0.2) is 9.97 Å². The molecule has 19 heavy (non-hydrogen) atoms. The minimum Gasteiger partial charge on any atom is -0.354 e. The molecule has 1 unspecified atom stereocenters. The van der Waals surface area contributed by atoms with Crippen molar-refractivity contribution in [1.29, 1.82) is 0 Å². The maximum absolute atomic E-state index is 6.01. The van der Waals surface area contributed by atoms with Gasteiger partial charge in [0.2, 0.25) is 0 Å². The predicted octanol–water partition coefficient (Wildman–Crippen LogP) is 2.07. The summed E-state index contributed by atoms with van der Waals surface area (Å²) in [5.41, 5.74) is 0. The molecule has 4 nitrogen and oxygen atoms in total. The van der Waals surface area contributed by atoms with Crippen LogP contribution in [0.2, 0.25) is 5.15 Å². The molecule has 0 saturated carbocycles. The summed E-state index contributed by atoms with van der Waals surface area (Å²) in [6, 6.07) is 2.66. The normalized spacial score (nSPS) is 24.9. The van der Waals surface area contributed by atoms with Gasteiger partial charge in [-0.3, -0.25) is 4.90 Å². The van der Waals surface area contributed by atoms with Crippen molar-refractivity contribution in [3.8, 4) is 0 Å². The highest BCUT2D eigenvalue weighted by atomic mass is 35.5. The number of hydrogen-bond donors (Lipinski definition) is 0. The Bertz CT molecular complexity index is 422. The fourth-order valence-electron chi connectivity index (χ4n) is 2.80. The van der Waals surface area contributed by atoms with Gasteiger partial charge in [0.05, 0.1) is 0 Å². The zero-order valence-corrected chi connectivity index (χ0v) is 12.8. The lowest BCUT2D eigenvalue weighted by molar-refractivity contribution is 0.200. The number of piperazine rings is 1. The molecule has 0 spiro atoms. The second-order valence-electron chi connectivity index (χ2n) is 5.14. The molecule has 0 radical (unpaired) electrons. The molecule has 0 aliphatic carbocycles. The number of rotatable bonds is 2. The Hall–Kier alpha value is -0.520. The van der Waals surface area contributed by atoms with E-state index >= 15 is 0 Å². The molecular weight excluding hydrogens is 280 g/mol. The Morgan fingerprint density at radius 1 is 1.26 bits per heavy atom. The van der Waals surface area contributed by atoms with Crippen molar-refractivity contribution in [2.75, 3.05) is 42.6 Å². The molecule has 0 bridgehead atoms. The second kappa shape index (κ2) is 5.85. The highest BCUT2D eigenvalue weighted by molar-refractivity contribution is 7.99. The van der Waals surface area contributed by atoms with Gasteiger partial charge in [-0.05, 0) is 19.1 Å². The molecule has 6 heteroatoms. The first kappa shape index (κ1) is 13.5. The molecule has 104 valence electrons. The molecule has 0 N–H and O–H groups in total. The molecule has 0 amide bonds. The molecule has 3 heterocycles. The molecule has 2 saturated heterocycles. The summed E-state index contributed by atoms with van der Waals surface area (Å²) >= 11 is 8.09. The lowest BCUT2D eigenvalue weighted by Crippen LogP contribution is -2.50. The summed E-state index contributed by atoms with van der Waals surface area (Å²) in [7, 11) is 0. The monoisotopic (exact) mass is 298 g/mol. The maximum Gasteiger partial charge on any atom is 0.134 e. The Balaban J connectivity index is 1.63. The zero-order valence-electron chi connectivity index (χ0n) is 11.2. The summed E-state index contributed by atoms with van der Waals surface area (Å²) in [4.78, 5) is 13.6. The van der Waals surface area contributed by atoms with E-state index in [2.05, 4.69) is 31.5 Å². The third kappa shape index (κ3) is 3.15. The van der Waals surface area contributed by atoms with E-state index in [9.17, 15) is 0 Å². The maximum atomic E-state index is 6.01. The van der Waals surface area contributed by atoms with Crippen LogP contribution in [0.4, 0.5) is 5.82 Å². The van der Waals surface area contributed by atoms with E-state index in [1.165, 1.54) is 17.9 Å². The van der Waals surface area contributed by atoms with Gasteiger partial charge in [-0.15, -0.1) is 0 Å². The summed E-state index contributed by atoms with van der Waals surface area (Å²) in [6.07, 6.45) is 1.35.